The van der Waals surface area contributed by atoms with E-state index in [-0.39, 0.29) is 11.2 Å². The minimum Gasteiger partial charge on any atom is -0.355 e. The Morgan fingerprint density at radius 1 is 1.17 bits per heavy atom. The van der Waals surface area contributed by atoms with Crippen molar-refractivity contribution in [2.75, 3.05) is 6.54 Å². The molecule has 0 aliphatic heterocycles. The van der Waals surface area contributed by atoms with Gasteiger partial charge in [0.1, 0.15) is 0 Å². The molecule has 0 heterocycles. The van der Waals surface area contributed by atoms with Crippen molar-refractivity contribution in [2.45, 2.75) is 36.8 Å². The molecule has 0 bridgehead atoms. The van der Waals surface area contributed by atoms with Gasteiger partial charge in [0.15, 0.2) is 0 Å². The molecule has 1 atom stereocenters. The highest BCUT2D eigenvalue weighted by molar-refractivity contribution is 8.00. The Hall–Kier alpha value is -1.45. The van der Waals surface area contributed by atoms with E-state index in [9.17, 15) is 4.79 Å². The van der Waals surface area contributed by atoms with Crippen LogP contribution in [0, 0.1) is 6.92 Å². The van der Waals surface area contributed by atoms with Crippen LogP contribution in [0.25, 0.3) is 0 Å². The van der Waals surface area contributed by atoms with Crippen molar-refractivity contribution >= 4 is 29.3 Å². The van der Waals surface area contributed by atoms with E-state index < -0.39 is 0 Å². The van der Waals surface area contributed by atoms with Crippen LogP contribution in [-0.4, -0.2) is 17.7 Å². The second-order valence-electron chi connectivity index (χ2n) is 5.56. The normalized spacial score (nSPS) is 12.0. The van der Waals surface area contributed by atoms with Gasteiger partial charge in [0.25, 0.3) is 0 Å². The van der Waals surface area contributed by atoms with Gasteiger partial charge in [-0.15, -0.1) is 11.8 Å². The predicted octanol–water partition coefficient (Wildman–Crippen LogP) is 4.88. The Labute approximate surface area is 147 Å². The molecule has 2 aromatic rings. The van der Waals surface area contributed by atoms with Gasteiger partial charge in [-0.25, -0.2) is 0 Å². The van der Waals surface area contributed by atoms with E-state index >= 15 is 0 Å². The zero-order valence-corrected chi connectivity index (χ0v) is 15.1. The first kappa shape index (κ1) is 17.9. The predicted molar refractivity (Wildman–Crippen MR) is 99.3 cm³/mol. The summed E-state index contributed by atoms with van der Waals surface area (Å²) >= 11 is 7.71. The van der Waals surface area contributed by atoms with Gasteiger partial charge in [-0.3, -0.25) is 4.79 Å². The van der Waals surface area contributed by atoms with E-state index in [0.29, 0.717) is 6.54 Å². The van der Waals surface area contributed by atoms with Gasteiger partial charge in [0, 0.05) is 16.5 Å². The Bertz CT molecular complexity index is 642. The van der Waals surface area contributed by atoms with Crippen LogP contribution in [0.5, 0.6) is 0 Å². The number of halogens is 1. The van der Waals surface area contributed by atoms with Crippen LogP contribution in [0.3, 0.4) is 0 Å². The summed E-state index contributed by atoms with van der Waals surface area (Å²) in [5.74, 6) is 0.0785. The van der Waals surface area contributed by atoms with Crippen molar-refractivity contribution in [3.05, 3.63) is 64.7 Å². The maximum atomic E-state index is 12.1. The van der Waals surface area contributed by atoms with Gasteiger partial charge < -0.3 is 5.32 Å². The molecule has 0 fully saturated rings. The molecule has 0 saturated carbocycles. The Morgan fingerprint density at radius 2 is 1.87 bits per heavy atom. The molecule has 2 aromatic carbocycles. The van der Waals surface area contributed by atoms with Gasteiger partial charge >= 0.3 is 0 Å². The highest BCUT2D eigenvalue weighted by Crippen LogP contribution is 2.23. The molecule has 122 valence electrons. The first-order valence-corrected chi connectivity index (χ1v) is 9.06. The highest BCUT2D eigenvalue weighted by atomic mass is 35.5. The largest absolute Gasteiger partial charge is 0.355 e. The molecule has 4 heteroatoms. The maximum Gasteiger partial charge on any atom is 0.233 e. The van der Waals surface area contributed by atoms with Gasteiger partial charge in [0.2, 0.25) is 5.91 Å². The third kappa shape index (κ3) is 5.92. The van der Waals surface area contributed by atoms with Crippen LogP contribution >= 0.6 is 23.4 Å². The van der Waals surface area contributed by atoms with Crippen molar-refractivity contribution in [3.8, 4) is 0 Å². The summed E-state index contributed by atoms with van der Waals surface area (Å²) < 4.78 is 0. The van der Waals surface area contributed by atoms with E-state index in [1.165, 1.54) is 5.56 Å². The average Bonchev–Trinajstić information content (AvgIpc) is 2.55. The molecule has 0 unspecified atom stereocenters. The molecule has 0 radical (unpaired) electrons. The third-order valence-electron chi connectivity index (χ3n) is 3.58. The van der Waals surface area contributed by atoms with E-state index in [1.807, 2.05) is 31.2 Å². The summed E-state index contributed by atoms with van der Waals surface area (Å²) in [5.41, 5.74) is 2.36. The molecule has 0 aliphatic carbocycles. The van der Waals surface area contributed by atoms with Crippen molar-refractivity contribution in [2.24, 2.45) is 0 Å². The number of hydrogen-bond donors (Lipinski definition) is 1. The number of amides is 1. The van der Waals surface area contributed by atoms with Crippen LogP contribution in [0.2, 0.25) is 5.02 Å². The van der Waals surface area contributed by atoms with Crippen molar-refractivity contribution in [3.63, 3.8) is 0 Å². The number of aryl methyl sites for hydroxylation is 2. The molecule has 0 spiro atoms. The molecular formula is C19H22ClNOS. The lowest BCUT2D eigenvalue weighted by molar-refractivity contribution is -0.120. The quantitative estimate of drug-likeness (QED) is 0.571. The Morgan fingerprint density at radius 3 is 2.57 bits per heavy atom. The number of rotatable bonds is 7. The third-order valence-corrected chi connectivity index (χ3v) is 5.06. The summed E-state index contributed by atoms with van der Waals surface area (Å²) in [6, 6.07) is 16.1. The first-order valence-electron chi connectivity index (χ1n) is 7.80. The fourth-order valence-corrected chi connectivity index (χ4v) is 3.33. The smallest absolute Gasteiger partial charge is 0.233 e. The minimum absolute atomic E-state index is 0.0785. The summed E-state index contributed by atoms with van der Waals surface area (Å²) in [5, 5.41) is 3.70. The SMILES string of the molecule is Cc1ccc(S[C@@H](C)C(=O)NCCCc2ccccc2Cl)cc1. The molecule has 23 heavy (non-hydrogen) atoms. The fourth-order valence-electron chi connectivity index (χ4n) is 2.21. The van der Waals surface area contributed by atoms with Crippen LogP contribution in [-0.2, 0) is 11.2 Å². The van der Waals surface area contributed by atoms with Gasteiger partial charge in [-0.2, -0.15) is 0 Å². The average molecular weight is 348 g/mol. The Kier molecular flexibility index (Phi) is 7.00. The standard InChI is InChI=1S/C19H22ClNOS/c1-14-9-11-17(12-10-14)23-15(2)19(22)21-13-5-7-16-6-3-4-8-18(16)20/h3-4,6,8-12,15H,5,7,13H2,1-2H3,(H,21,22)/t15-/m0/s1. The zero-order chi connectivity index (χ0) is 16.7. The molecule has 2 nitrogen and oxygen atoms in total. The van der Waals surface area contributed by atoms with E-state index in [2.05, 4.69) is 36.5 Å². The molecule has 1 amide bonds. The van der Waals surface area contributed by atoms with E-state index in [4.69, 9.17) is 11.6 Å². The van der Waals surface area contributed by atoms with Crippen molar-refractivity contribution in [1.82, 2.24) is 5.32 Å². The second-order valence-corrected chi connectivity index (χ2v) is 7.38. The van der Waals surface area contributed by atoms with E-state index in [1.54, 1.807) is 11.8 Å². The number of benzene rings is 2. The summed E-state index contributed by atoms with van der Waals surface area (Å²) in [4.78, 5) is 13.3. The summed E-state index contributed by atoms with van der Waals surface area (Å²) in [6.45, 7) is 4.67. The second kappa shape index (κ2) is 8.99. The van der Waals surface area contributed by atoms with E-state index in [0.717, 1.165) is 28.3 Å². The first-order chi connectivity index (χ1) is 11.1. The summed E-state index contributed by atoms with van der Waals surface area (Å²) in [7, 11) is 0. The molecular weight excluding hydrogens is 326 g/mol. The van der Waals surface area contributed by atoms with Crippen molar-refractivity contribution < 1.29 is 4.79 Å². The van der Waals surface area contributed by atoms with Gasteiger partial charge in [0.05, 0.1) is 5.25 Å². The summed E-state index contributed by atoms with van der Waals surface area (Å²) in [6.07, 6.45) is 1.76. The van der Waals surface area contributed by atoms with Crippen LogP contribution in [0.4, 0.5) is 0 Å². The van der Waals surface area contributed by atoms with Crippen LogP contribution in [0.1, 0.15) is 24.5 Å². The fraction of sp³-hybridized carbons (Fsp3) is 0.316. The lowest BCUT2D eigenvalue weighted by atomic mass is 10.1. The molecule has 0 saturated heterocycles. The van der Waals surface area contributed by atoms with Crippen molar-refractivity contribution in [1.29, 1.82) is 0 Å². The molecule has 1 N–H and O–H groups in total. The number of carbonyl (C=O) groups is 1. The lowest BCUT2D eigenvalue weighted by Gasteiger charge is -2.12. The molecule has 0 aromatic heterocycles. The number of carbonyl (C=O) groups excluding carboxylic acids is 1. The minimum atomic E-state index is -0.0991. The maximum absolute atomic E-state index is 12.1. The topological polar surface area (TPSA) is 29.1 Å². The molecule has 2 rings (SSSR count). The van der Waals surface area contributed by atoms with Gasteiger partial charge in [-0.05, 0) is 50.5 Å². The number of hydrogen-bond acceptors (Lipinski definition) is 2. The number of nitrogens with one attached hydrogen (secondary N) is 1. The van der Waals surface area contributed by atoms with Crippen LogP contribution < -0.4 is 5.32 Å². The number of thioether (sulfide) groups is 1. The lowest BCUT2D eigenvalue weighted by Crippen LogP contribution is -2.31. The highest BCUT2D eigenvalue weighted by Gasteiger charge is 2.13. The molecule has 0 aliphatic rings. The van der Waals surface area contributed by atoms with Crippen LogP contribution in [0.15, 0.2) is 53.4 Å². The zero-order valence-electron chi connectivity index (χ0n) is 13.5. The van der Waals surface area contributed by atoms with Gasteiger partial charge in [-0.1, -0.05) is 47.5 Å². The monoisotopic (exact) mass is 347 g/mol. The Balaban J connectivity index is 1.72.